The lowest BCUT2D eigenvalue weighted by Gasteiger charge is -2.06. The highest BCUT2D eigenvalue weighted by atomic mass is 16.6. The SMILES string of the molecule is Cc1cccc(CCNc2ncccc2[N+](=O)[O-])c1. The van der Waals surface area contributed by atoms with Crippen molar-refractivity contribution in [2.45, 2.75) is 13.3 Å². The number of pyridine rings is 1. The lowest BCUT2D eigenvalue weighted by atomic mass is 10.1. The summed E-state index contributed by atoms with van der Waals surface area (Å²) in [5.41, 5.74) is 2.42. The van der Waals surface area contributed by atoms with Gasteiger partial charge in [0.2, 0.25) is 5.82 Å². The number of hydrogen-bond acceptors (Lipinski definition) is 4. The Morgan fingerprint density at radius 2 is 2.16 bits per heavy atom. The van der Waals surface area contributed by atoms with Gasteiger partial charge in [0.15, 0.2) is 0 Å². The van der Waals surface area contributed by atoms with E-state index < -0.39 is 4.92 Å². The van der Waals surface area contributed by atoms with Gasteiger partial charge in [0.05, 0.1) is 4.92 Å². The number of anilines is 1. The molecule has 1 N–H and O–H groups in total. The largest absolute Gasteiger partial charge is 0.364 e. The fraction of sp³-hybridized carbons (Fsp3) is 0.214. The van der Waals surface area contributed by atoms with Crippen LogP contribution in [0.2, 0.25) is 0 Å². The van der Waals surface area contributed by atoms with Crippen molar-refractivity contribution in [2.24, 2.45) is 0 Å². The number of nitrogens with one attached hydrogen (secondary N) is 1. The lowest BCUT2D eigenvalue weighted by Crippen LogP contribution is -2.08. The summed E-state index contributed by atoms with van der Waals surface area (Å²) in [7, 11) is 0. The Balaban J connectivity index is 1.98. The van der Waals surface area contributed by atoms with Crippen LogP contribution < -0.4 is 5.32 Å². The third-order valence-corrected chi connectivity index (χ3v) is 2.77. The fourth-order valence-corrected chi connectivity index (χ4v) is 1.87. The molecule has 98 valence electrons. The summed E-state index contributed by atoms with van der Waals surface area (Å²) < 4.78 is 0. The summed E-state index contributed by atoms with van der Waals surface area (Å²) in [5, 5.41) is 13.8. The van der Waals surface area contributed by atoms with E-state index in [1.165, 1.54) is 17.2 Å². The molecule has 0 amide bonds. The highest BCUT2D eigenvalue weighted by Gasteiger charge is 2.12. The molecular formula is C14H15N3O2. The summed E-state index contributed by atoms with van der Waals surface area (Å²) in [6, 6.07) is 11.2. The second-order valence-corrected chi connectivity index (χ2v) is 4.29. The van der Waals surface area contributed by atoms with E-state index in [0.717, 1.165) is 6.42 Å². The number of aryl methyl sites for hydroxylation is 1. The van der Waals surface area contributed by atoms with Crippen LogP contribution in [0.4, 0.5) is 11.5 Å². The Morgan fingerprint density at radius 3 is 2.89 bits per heavy atom. The van der Waals surface area contributed by atoms with Crippen LogP contribution in [0.5, 0.6) is 0 Å². The Hall–Kier alpha value is -2.43. The summed E-state index contributed by atoms with van der Waals surface area (Å²) in [6.07, 6.45) is 2.34. The molecule has 19 heavy (non-hydrogen) atoms. The van der Waals surface area contributed by atoms with Gasteiger partial charge in [-0.05, 0) is 25.0 Å². The van der Waals surface area contributed by atoms with E-state index in [4.69, 9.17) is 0 Å². The summed E-state index contributed by atoms with van der Waals surface area (Å²) >= 11 is 0. The van der Waals surface area contributed by atoms with E-state index in [2.05, 4.69) is 16.4 Å². The summed E-state index contributed by atoms with van der Waals surface area (Å²) in [6.45, 7) is 2.65. The average molecular weight is 257 g/mol. The standard InChI is InChI=1S/C14H15N3O2/c1-11-4-2-5-12(10-11)7-9-16-14-13(17(18)19)6-3-8-15-14/h2-6,8,10H,7,9H2,1H3,(H,15,16). The Morgan fingerprint density at radius 1 is 1.32 bits per heavy atom. The molecule has 0 unspecified atom stereocenters. The molecule has 0 aliphatic heterocycles. The van der Waals surface area contributed by atoms with Crippen LogP contribution in [0.15, 0.2) is 42.6 Å². The van der Waals surface area contributed by atoms with Gasteiger partial charge in [-0.3, -0.25) is 10.1 Å². The molecule has 2 rings (SSSR count). The highest BCUT2D eigenvalue weighted by Crippen LogP contribution is 2.20. The minimum Gasteiger partial charge on any atom is -0.364 e. The maximum Gasteiger partial charge on any atom is 0.311 e. The molecule has 1 aromatic heterocycles. The molecular weight excluding hydrogens is 242 g/mol. The zero-order chi connectivity index (χ0) is 13.7. The molecule has 0 atom stereocenters. The molecule has 0 saturated heterocycles. The fourth-order valence-electron chi connectivity index (χ4n) is 1.87. The molecule has 0 fully saturated rings. The Labute approximate surface area is 111 Å². The number of nitro groups is 1. The van der Waals surface area contributed by atoms with Crippen molar-refractivity contribution in [3.05, 3.63) is 63.8 Å². The van der Waals surface area contributed by atoms with E-state index in [1.807, 2.05) is 25.1 Å². The van der Waals surface area contributed by atoms with Gasteiger partial charge in [0, 0.05) is 18.8 Å². The van der Waals surface area contributed by atoms with E-state index >= 15 is 0 Å². The highest BCUT2D eigenvalue weighted by molar-refractivity contribution is 5.55. The van der Waals surface area contributed by atoms with Gasteiger partial charge in [0.1, 0.15) is 0 Å². The molecule has 0 spiro atoms. The molecule has 0 radical (unpaired) electrons. The number of aromatic nitrogens is 1. The Bertz CT molecular complexity index is 584. The van der Waals surface area contributed by atoms with Crippen molar-refractivity contribution in [1.82, 2.24) is 4.98 Å². The quantitative estimate of drug-likeness (QED) is 0.660. The smallest absolute Gasteiger partial charge is 0.311 e. The van der Waals surface area contributed by atoms with Crippen molar-refractivity contribution in [3.63, 3.8) is 0 Å². The number of rotatable bonds is 5. The zero-order valence-electron chi connectivity index (χ0n) is 10.7. The molecule has 2 aromatic rings. The van der Waals surface area contributed by atoms with Crippen molar-refractivity contribution in [3.8, 4) is 0 Å². The molecule has 0 saturated carbocycles. The van der Waals surface area contributed by atoms with Crippen LogP contribution in [0.25, 0.3) is 0 Å². The minimum atomic E-state index is -0.429. The van der Waals surface area contributed by atoms with E-state index in [0.29, 0.717) is 12.4 Å². The molecule has 0 aliphatic rings. The predicted octanol–water partition coefficient (Wildman–Crippen LogP) is 2.95. The number of hydrogen-bond donors (Lipinski definition) is 1. The van der Waals surface area contributed by atoms with Crippen LogP contribution in [-0.4, -0.2) is 16.5 Å². The monoisotopic (exact) mass is 257 g/mol. The van der Waals surface area contributed by atoms with Gasteiger partial charge in [-0.25, -0.2) is 4.98 Å². The molecule has 5 nitrogen and oxygen atoms in total. The maximum atomic E-state index is 10.8. The topological polar surface area (TPSA) is 68.1 Å². The average Bonchev–Trinajstić information content (AvgIpc) is 2.39. The predicted molar refractivity (Wildman–Crippen MR) is 74.3 cm³/mol. The van der Waals surface area contributed by atoms with Gasteiger partial charge in [-0.1, -0.05) is 29.8 Å². The van der Waals surface area contributed by atoms with Crippen LogP contribution in [0, 0.1) is 17.0 Å². The zero-order valence-corrected chi connectivity index (χ0v) is 10.7. The van der Waals surface area contributed by atoms with Crippen molar-refractivity contribution >= 4 is 11.5 Å². The molecule has 5 heteroatoms. The van der Waals surface area contributed by atoms with Crippen molar-refractivity contribution in [1.29, 1.82) is 0 Å². The number of nitrogens with zero attached hydrogens (tertiary/aromatic N) is 2. The third-order valence-electron chi connectivity index (χ3n) is 2.77. The molecule has 0 bridgehead atoms. The second-order valence-electron chi connectivity index (χ2n) is 4.29. The molecule has 1 heterocycles. The van der Waals surface area contributed by atoms with E-state index in [1.54, 1.807) is 12.3 Å². The van der Waals surface area contributed by atoms with Gasteiger partial charge in [-0.15, -0.1) is 0 Å². The van der Waals surface area contributed by atoms with Gasteiger partial charge in [-0.2, -0.15) is 0 Å². The van der Waals surface area contributed by atoms with Crippen LogP contribution in [0.3, 0.4) is 0 Å². The molecule has 1 aromatic carbocycles. The lowest BCUT2D eigenvalue weighted by molar-refractivity contribution is -0.384. The third kappa shape index (κ3) is 3.51. The van der Waals surface area contributed by atoms with Crippen molar-refractivity contribution in [2.75, 3.05) is 11.9 Å². The number of benzene rings is 1. The van der Waals surface area contributed by atoms with Gasteiger partial charge >= 0.3 is 5.69 Å². The van der Waals surface area contributed by atoms with E-state index in [-0.39, 0.29) is 5.69 Å². The van der Waals surface area contributed by atoms with Crippen LogP contribution >= 0.6 is 0 Å². The first-order chi connectivity index (χ1) is 9.16. The van der Waals surface area contributed by atoms with Crippen molar-refractivity contribution < 1.29 is 4.92 Å². The van der Waals surface area contributed by atoms with Gasteiger partial charge < -0.3 is 5.32 Å². The molecule has 0 aliphatic carbocycles. The first-order valence-electron chi connectivity index (χ1n) is 6.05. The first-order valence-corrected chi connectivity index (χ1v) is 6.05. The Kier molecular flexibility index (Phi) is 4.07. The maximum absolute atomic E-state index is 10.8. The second kappa shape index (κ2) is 5.95. The minimum absolute atomic E-state index is 0.00624. The van der Waals surface area contributed by atoms with Crippen LogP contribution in [0.1, 0.15) is 11.1 Å². The summed E-state index contributed by atoms with van der Waals surface area (Å²) in [4.78, 5) is 14.4. The first kappa shape index (κ1) is 13.0. The summed E-state index contributed by atoms with van der Waals surface area (Å²) in [5.74, 6) is 0.320. The normalized spacial score (nSPS) is 10.2. The van der Waals surface area contributed by atoms with Crippen LogP contribution in [-0.2, 0) is 6.42 Å². The van der Waals surface area contributed by atoms with E-state index in [9.17, 15) is 10.1 Å². The van der Waals surface area contributed by atoms with Gasteiger partial charge in [0.25, 0.3) is 0 Å².